The minimum Gasteiger partial charge on any atom is -0.493 e. The highest BCUT2D eigenvalue weighted by Crippen LogP contribution is 2.23. The van der Waals surface area contributed by atoms with Crippen LogP contribution in [0.25, 0.3) is 0 Å². The fourth-order valence-electron chi connectivity index (χ4n) is 1.42. The molecule has 1 aromatic rings. The average Bonchev–Trinajstić information content (AvgIpc) is 2.35. The fourth-order valence-corrected chi connectivity index (χ4v) is 1.60. The lowest BCUT2D eigenvalue weighted by Crippen LogP contribution is -2.21. The number of carbonyl (C=O) groups is 2. The maximum atomic E-state index is 11.3. The van der Waals surface area contributed by atoms with Crippen molar-refractivity contribution in [1.82, 2.24) is 4.90 Å². The molecule has 0 unspecified atom stereocenters. The molecule has 0 heterocycles. The van der Waals surface area contributed by atoms with E-state index in [9.17, 15) is 9.59 Å². The minimum atomic E-state index is -1.10. The van der Waals surface area contributed by atoms with Crippen LogP contribution in [0.5, 0.6) is 5.75 Å². The Hall–Kier alpha value is -1.75. The predicted octanol–water partition coefficient (Wildman–Crippen LogP) is 2.29. The van der Waals surface area contributed by atoms with Gasteiger partial charge < -0.3 is 14.7 Å². The molecule has 0 spiro atoms. The van der Waals surface area contributed by atoms with Crippen molar-refractivity contribution >= 4 is 23.5 Å². The first-order valence-corrected chi connectivity index (χ1v) is 6.15. The number of hydrogen-bond acceptors (Lipinski definition) is 3. The number of amides is 1. The summed E-state index contributed by atoms with van der Waals surface area (Å²) in [7, 11) is 3.37. The molecule has 104 valence electrons. The van der Waals surface area contributed by atoms with Gasteiger partial charge in [0.05, 0.1) is 6.61 Å². The normalized spacial score (nSPS) is 10.1. The van der Waals surface area contributed by atoms with E-state index in [1.54, 1.807) is 20.2 Å². The number of carbonyl (C=O) groups excluding carboxylic acids is 1. The molecular weight excluding hydrogens is 270 g/mol. The topological polar surface area (TPSA) is 66.8 Å². The van der Waals surface area contributed by atoms with Gasteiger partial charge in [-0.3, -0.25) is 4.79 Å². The van der Waals surface area contributed by atoms with Crippen molar-refractivity contribution in [3.63, 3.8) is 0 Å². The lowest BCUT2D eigenvalue weighted by atomic mass is 10.2. The second-order valence-corrected chi connectivity index (χ2v) is 4.62. The molecule has 1 N–H and O–H groups in total. The summed E-state index contributed by atoms with van der Waals surface area (Å²) in [5, 5.41) is 9.35. The van der Waals surface area contributed by atoms with E-state index in [4.69, 9.17) is 21.4 Å². The van der Waals surface area contributed by atoms with Gasteiger partial charge in [-0.1, -0.05) is 11.6 Å². The summed E-state index contributed by atoms with van der Waals surface area (Å²) in [6.07, 6.45) is 0.891. The first-order valence-electron chi connectivity index (χ1n) is 5.77. The summed E-state index contributed by atoms with van der Waals surface area (Å²) in [6, 6.07) is 4.41. The highest BCUT2D eigenvalue weighted by atomic mass is 35.5. The summed E-state index contributed by atoms with van der Waals surface area (Å²) < 4.78 is 5.37. The van der Waals surface area contributed by atoms with E-state index in [0.29, 0.717) is 17.9 Å². The Bertz CT molecular complexity index is 474. The third-order valence-corrected chi connectivity index (χ3v) is 2.70. The standard InChI is InChI=1S/C13H16ClNO4/c1-15(2)12(16)4-3-7-19-11-6-5-9(14)8-10(11)13(17)18/h5-6,8H,3-4,7H2,1-2H3,(H,17,18). The lowest BCUT2D eigenvalue weighted by molar-refractivity contribution is -0.128. The van der Waals surface area contributed by atoms with Crippen LogP contribution in [0.4, 0.5) is 0 Å². The van der Waals surface area contributed by atoms with Crippen LogP contribution in [0.15, 0.2) is 18.2 Å². The van der Waals surface area contributed by atoms with Crippen molar-refractivity contribution in [2.75, 3.05) is 20.7 Å². The Morgan fingerprint density at radius 1 is 1.37 bits per heavy atom. The highest BCUT2D eigenvalue weighted by molar-refractivity contribution is 6.31. The molecule has 5 nitrogen and oxygen atoms in total. The van der Waals surface area contributed by atoms with Gasteiger partial charge >= 0.3 is 5.97 Å². The van der Waals surface area contributed by atoms with Gasteiger partial charge in [-0.2, -0.15) is 0 Å². The number of hydrogen-bond donors (Lipinski definition) is 1. The SMILES string of the molecule is CN(C)C(=O)CCCOc1ccc(Cl)cc1C(=O)O. The van der Waals surface area contributed by atoms with Gasteiger partial charge in [-0.25, -0.2) is 4.79 Å². The minimum absolute atomic E-state index is 0.0122. The number of benzene rings is 1. The number of aromatic carboxylic acids is 1. The molecule has 0 aromatic heterocycles. The average molecular weight is 286 g/mol. The van der Waals surface area contributed by atoms with Gasteiger partial charge in [0.25, 0.3) is 0 Å². The smallest absolute Gasteiger partial charge is 0.339 e. The van der Waals surface area contributed by atoms with Gasteiger partial charge in [0.2, 0.25) is 5.91 Å². The van der Waals surface area contributed by atoms with Gasteiger partial charge in [0.15, 0.2) is 0 Å². The van der Waals surface area contributed by atoms with Gasteiger partial charge in [-0.15, -0.1) is 0 Å². The second-order valence-electron chi connectivity index (χ2n) is 4.19. The first-order chi connectivity index (χ1) is 8.91. The number of carboxylic acids is 1. The van der Waals surface area contributed by atoms with Gasteiger partial charge in [-0.05, 0) is 24.6 Å². The molecule has 0 aliphatic rings. The second kappa shape index (κ2) is 6.99. The van der Waals surface area contributed by atoms with Crippen LogP contribution in [0.3, 0.4) is 0 Å². The molecule has 0 saturated heterocycles. The summed E-state index contributed by atoms with van der Waals surface area (Å²) in [4.78, 5) is 23.8. The van der Waals surface area contributed by atoms with Crippen LogP contribution >= 0.6 is 11.6 Å². The van der Waals surface area contributed by atoms with Gasteiger partial charge in [0.1, 0.15) is 11.3 Å². The van der Waals surface area contributed by atoms with E-state index in [-0.39, 0.29) is 23.8 Å². The third-order valence-electron chi connectivity index (χ3n) is 2.46. The molecular formula is C13H16ClNO4. The Morgan fingerprint density at radius 3 is 2.63 bits per heavy atom. The molecule has 0 atom stereocenters. The van der Waals surface area contributed by atoms with Crippen molar-refractivity contribution in [1.29, 1.82) is 0 Å². The summed E-state index contributed by atoms with van der Waals surface area (Å²) in [6.45, 7) is 0.279. The van der Waals surface area contributed by atoms with Gasteiger partial charge in [0, 0.05) is 25.5 Å². The van der Waals surface area contributed by atoms with E-state index >= 15 is 0 Å². The molecule has 1 amide bonds. The van der Waals surface area contributed by atoms with Crippen LogP contribution in [0.1, 0.15) is 23.2 Å². The predicted molar refractivity (Wildman–Crippen MR) is 71.8 cm³/mol. The highest BCUT2D eigenvalue weighted by Gasteiger charge is 2.12. The zero-order chi connectivity index (χ0) is 14.4. The van der Waals surface area contributed by atoms with Crippen LogP contribution in [-0.2, 0) is 4.79 Å². The summed E-state index contributed by atoms with van der Waals surface area (Å²) in [5.41, 5.74) is 0.0198. The maximum absolute atomic E-state index is 11.3. The van der Waals surface area contributed by atoms with Crippen molar-refractivity contribution in [3.8, 4) is 5.75 Å². The maximum Gasteiger partial charge on any atom is 0.339 e. The molecule has 19 heavy (non-hydrogen) atoms. The van der Waals surface area contributed by atoms with Crippen LogP contribution in [-0.4, -0.2) is 42.6 Å². The van der Waals surface area contributed by atoms with Crippen LogP contribution < -0.4 is 4.74 Å². The Kier molecular flexibility index (Phi) is 5.63. The van der Waals surface area contributed by atoms with Crippen molar-refractivity contribution < 1.29 is 19.4 Å². The van der Waals surface area contributed by atoms with E-state index in [0.717, 1.165) is 0 Å². The molecule has 0 fully saturated rings. The Morgan fingerprint density at radius 2 is 2.05 bits per heavy atom. The molecule has 0 aliphatic heterocycles. The molecule has 0 radical (unpaired) electrons. The molecule has 6 heteroatoms. The van der Waals surface area contributed by atoms with E-state index in [2.05, 4.69) is 0 Å². The zero-order valence-corrected chi connectivity index (χ0v) is 11.6. The molecule has 0 aliphatic carbocycles. The fraction of sp³-hybridized carbons (Fsp3) is 0.385. The van der Waals surface area contributed by atoms with Crippen LogP contribution in [0.2, 0.25) is 5.02 Å². The first kappa shape index (κ1) is 15.3. The number of rotatable bonds is 6. The molecule has 1 rings (SSSR count). The Labute approximate surface area is 116 Å². The molecule has 0 saturated carbocycles. The van der Waals surface area contributed by atoms with Crippen molar-refractivity contribution in [3.05, 3.63) is 28.8 Å². The summed E-state index contributed by atoms with van der Waals surface area (Å²) in [5.74, 6) is -0.825. The summed E-state index contributed by atoms with van der Waals surface area (Å²) >= 11 is 5.73. The number of ether oxygens (including phenoxy) is 1. The zero-order valence-electron chi connectivity index (χ0n) is 10.9. The molecule has 0 bridgehead atoms. The third kappa shape index (κ3) is 4.79. The number of halogens is 1. The Balaban J connectivity index is 2.54. The van der Waals surface area contributed by atoms with E-state index in [1.165, 1.54) is 17.0 Å². The lowest BCUT2D eigenvalue weighted by Gasteiger charge is -2.11. The van der Waals surface area contributed by atoms with Crippen molar-refractivity contribution in [2.45, 2.75) is 12.8 Å². The quantitative estimate of drug-likeness (QED) is 0.814. The molecule has 1 aromatic carbocycles. The van der Waals surface area contributed by atoms with E-state index in [1.807, 2.05) is 0 Å². The number of carboxylic acid groups (broad SMARTS) is 1. The van der Waals surface area contributed by atoms with Crippen LogP contribution in [0, 0.1) is 0 Å². The van der Waals surface area contributed by atoms with Crippen molar-refractivity contribution in [2.24, 2.45) is 0 Å². The van der Waals surface area contributed by atoms with E-state index < -0.39 is 5.97 Å². The monoisotopic (exact) mass is 285 g/mol. The largest absolute Gasteiger partial charge is 0.493 e. The number of nitrogens with zero attached hydrogens (tertiary/aromatic N) is 1.